The van der Waals surface area contributed by atoms with Crippen molar-refractivity contribution >= 4 is 62.6 Å². The minimum absolute atomic E-state index is 0. The van der Waals surface area contributed by atoms with Crippen molar-refractivity contribution in [2.45, 2.75) is 50.4 Å². The summed E-state index contributed by atoms with van der Waals surface area (Å²) in [7, 11) is -1.64. The van der Waals surface area contributed by atoms with E-state index in [9.17, 15) is 8.42 Å². The second kappa shape index (κ2) is 11.0. The van der Waals surface area contributed by atoms with Crippen molar-refractivity contribution in [1.29, 1.82) is 0 Å². The van der Waals surface area contributed by atoms with Gasteiger partial charge in [0.2, 0.25) is 0 Å². The van der Waals surface area contributed by atoms with E-state index in [-0.39, 0.29) is 24.0 Å². The lowest BCUT2D eigenvalue weighted by Gasteiger charge is -2.25. The largest absolute Gasteiger partial charge is 0.352 e. The summed E-state index contributed by atoms with van der Waals surface area (Å²) in [5, 5.41) is 7.59. The number of aryl methyl sites for hydroxylation is 2. The molecular formula is C18H28IN5O2S3. The minimum atomic E-state index is -3.36. The van der Waals surface area contributed by atoms with Crippen LogP contribution in [0.4, 0.5) is 0 Å². The summed E-state index contributed by atoms with van der Waals surface area (Å²) in [6.07, 6.45) is 3.00. The van der Waals surface area contributed by atoms with Crippen molar-refractivity contribution in [3.05, 3.63) is 32.6 Å². The van der Waals surface area contributed by atoms with Crippen LogP contribution >= 0.6 is 46.7 Å². The van der Waals surface area contributed by atoms with Crippen molar-refractivity contribution in [2.75, 3.05) is 20.1 Å². The van der Waals surface area contributed by atoms with Gasteiger partial charge >= 0.3 is 0 Å². The third kappa shape index (κ3) is 6.36. The van der Waals surface area contributed by atoms with Gasteiger partial charge in [0.1, 0.15) is 4.21 Å². The second-order valence-electron chi connectivity index (χ2n) is 6.71. The van der Waals surface area contributed by atoms with Crippen LogP contribution in [0.25, 0.3) is 0 Å². The maximum Gasteiger partial charge on any atom is 0.252 e. The van der Waals surface area contributed by atoms with E-state index in [0.717, 1.165) is 34.8 Å². The van der Waals surface area contributed by atoms with E-state index in [4.69, 9.17) is 0 Å². The Morgan fingerprint density at radius 1 is 1.14 bits per heavy atom. The second-order valence-corrected chi connectivity index (χ2v) is 11.3. The van der Waals surface area contributed by atoms with E-state index in [1.165, 1.54) is 16.2 Å². The molecule has 1 aliphatic heterocycles. The SMILES string of the molecule is CN=C(NCc1ccc(S(=O)(=O)N2CCCCC2)s1)NCc1sc(C)nc1C.I. The fraction of sp³-hybridized carbons (Fsp3) is 0.556. The molecule has 2 aromatic rings. The summed E-state index contributed by atoms with van der Waals surface area (Å²) >= 11 is 3.00. The molecule has 3 rings (SSSR count). The Kier molecular flexibility index (Phi) is 9.32. The number of thiophene rings is 1. The Balaban J connectivity index is 0.00000300. The van der Waals surface area contributed by atoms with Gasteiger partial charge in [-0.05, 0) is 38.8 Å². The van der Waals surface area contributed by atoms with Gasteiger partial charge in [0.05, 0.1) is 23.8 Å². The smallest absolute Gasteiger partial charge is 0.252 e. The predicted octanol–water partition coefficient (Wildman–Crippen LogP) is 3.48. The Bertz CT molecular complexity index is 933. The number of sulfonamides is 1. The Morgan fingerprint density at radius 3 is 2.45 bits per heavy atom. The third-order valence-electron chi connectivity index (χ3n) is 4.62. The molecule has 2 aromatic heterocycles. The number of nitrogens with one attached hydrogen (secondary N) is 2. The highest BCUT2D eigenvalue weighted by Gasteiger charge is 2.27. The van der Waals surface area contributed by atoms with Crippen LogP contribution in [0.1, 0.15) is 39.7 Å². The number of halogens is 1. The first-order chi connectivity index (χ1) is 13.4. The zero-order valence-corrected chi connectivity index (χ0v) is 21.7. The number of hydrogen-bond acceptors (Lipinski definition) is 6. The van der Waals surface area contributed by atoms with E-state index >= 15 is 0 Å². The quantitative estimate of drug-likeness (QED) is 0.316. The van der Waals surface area contributed by atoms with Crippen LogP contribution in [-0.2, 0) is 23.1 Å². The summed E-state index contributed by atoms with van der Waals surface area (Å²) in [6.45, 7) is 6.45. The first-order valence-corrected chi connectivity index (χ1v) is 12.4. The number of thiazole rings is 1. The zero-order valence-electron chi connectivity index (χ0n) is 16.9. The highest BCUT2D eigenvalue weighted by atomic mass is 127. The van der Waals surface area contributed by atoms with Gasteiger partial charge in [-0.1, -0.05) is 6.42 Å². The van der Waals surface area contributed by atoms with E-state index in [1.54, 1.807) is 28.8 Å². The summed E-state index contributed by atoms with van der Waals surface area (Å²) in [5.74, 6) is 0.680. The van der Waals surface area contributed by atoms with E-state index in [2.05, 4.69) is 20.6 Å². The molecule has 0 unspecified atom stereocenters. The fourth-order valence-corrected chi connectivity index (χ4v) is 6.96. The summed E-state index contributed by atoms with van der Waals surface area (Å²) in [5.41, 5.74) is 1.04. The molecule has 0 bridgehead atoms. The van der Waals surface area contributed by atoms with Crippen LogP contribution in [0.5, 0.6) is 0 Å². The molecule has 0 aromatic carbocycles. The molecule has 0 atom stereocenters. The predicted molar refractivity (Wildman–Crippen MR) is 131 cm³/mol. The van der Waals surface area contributed by atoms with E-state index in [1.807, 2.05) is 19.9 Å². The number of nitrogens with zero attached hydrogens (tertiary/aromatic N) is 3. The van der Waals surface area contributed by atoms with Crippen LogP contribution in [0.3, 0.4) is 0 Å². The normalized spacial score (nSPS) is 15.8. The number of aliphatic imine (C=N–C) groups is 1. The van der Waals surface area contributed by atoms with Crippen LogP contribution in [0.2, 0.25) is 0 Å². The monoisotopic (exact) mass is 569 g/mol. The molecule has 11 heteroatoms. The average Bonchev–Trinajstić information content (AvgIpc) is 3.29. The lowest BCUT2D eigenvalue weighted by molar-refractivity contribution is 0.347. The topological polar surface area (TPSA) is 86.7 Å². The summed E-state index contributed by atoms with van der Waals surface area (Å²) in [4.78, 5) is 10.8. The molecule has 0 aliphatic carbocycles. The van der Waals surface area contributed by atoms with Crippen molar-refractivity contribution in [3.8, 4) is 0 Å². The molecule has 0 spiro atoms. The molecule has 1 aliphatic rings. The molecule has 0 saturated carbocycles. The maximum absolute atomic E-state index is 12.8. The molecule has 3 heterocycles. The van der Waals surface area contributed by atoms with Crippen molar-refractivity contribution in [1.82, 2.24) is 19.9 Å². The zero-order chi connectivity index (χ0) is 20.1. The Labute approximate surface area is 198 Å². The van der Waals surface area contributed by atoms with Crippen LogP contribution in [0.15, 0.2) is 21.3 Å². The number of aromatic nitrogens is 1. The van der Waals surface area contributed by atoms with Gasteiger partial charge in [0, 0.05) is 29.9 Å². The standard InChI is InChI=1S/C18H27N5O2S3.HI/c1-13-16(26-14(2)22-13)12-21-18(19-3)20-11-15-7-8-17(27-15)28(24,25)23-9-5-4-6-10-23;/h7-8H,4-6,9-12H2,1-3H3,(H2,19,20,21);1H. The molecule has 0 amide bonds. The summed E-state index contributed by atoms with van der Waals surface area (Å²) in [6, 6.07) is 3.59. The highest BCUT2D eigenvalue weighted by Crippen LogP contribution is 2.27. The van der Waals surface area contributed by atoms with Crippen LogP contribution in [-0.4, -0.2) is 43.8 Å². The Hall–Kier alpha value is -0.760. The lowest BCUT2D eigenvalue weighted by Crippen LogP contribution is -2.36. The Morgan fingerprint density at radius 2 is 1.83 bits per heavy atom. The highest BCUT2D eigenvalue weighted by molar-refractivity contribution is 14.0. The number of rotatable bonds is 6. The fourth-order valence-electron chi connectivity index (χ4n) is 3.12. The molecule has 7 nitrogen and oxygen atoms in total. The first-order valence-electron chi connectivity index (χ1n) is 9.36. The molecular weight excluding hydrogens is 541 g/mol. The minimum Gasteiger partial charge on any atom is -0.352 e. The van der Waals surface area contributed by atoms with Gasteiger partial charge in [0.25, 0.3) is 10.0 Å². The lowest BCUT2D eigenvalue weighted by atomic mass is 10.2. The van der Waals surface area contributed by atoms with Crippen molar-refractivity contribution in [2.24, 2.45) is 4.99 Å². The van der Waals surface area contributed by atoms with E-state index in [0.29, 0.717) is 36.3 Å². The van der Waals surface area contributed by atoms with Crippen LogP contribution in [0, 0.1) is 13.8 Å². The molecule has 162 valence electrons. The third-order valence-corrected chi connectivity index (χ3v) is 9.14. The number of piperidine rings is 1. The molecule has 2 N–H and O–H groups in total. The van der Waals surface area contributed by atoms with Crippen LogP contribution < -0.4 is 10.6 Å². The first kappa shape index (κ1) is 24.5. The molecule has 0 radical (unpaired) electrons. The number of hydrogen-bond donors (Lipinski definition) is 2. The van der Waals surface area contributed by atoms with Crippen molar-refractivity contribution in [3.63, 3.8) is 0 Å². The van der Waals surface area contributed by atoms with Gasteiger partial charge in [-0.25, -0.2) is 13.4 Å². The average molecular weight is 570 g/mol. The van der Waals surface area contributed by atoms with Gasteiger partial charge < -0.3 is 10.6 Å². The maximum atomic E-state index is 12.8. The summed E-state index contributed by atoms with van der Waals surface area (Å²) < 4.78 is 27.6. The van der Waals surface area contributed by atoms with Gasteiger partial charge in [-0.2, -0.15) is 4.31 Å². The van der Waals surface area contributed by atoms with Gasteiger partial charge in [0.15, 0.2) is 5.96 Å². The van der Waals surface area contributed by atoms with Gasteiger partial charge in [-0.3, -0.25) is 4.99 Å². The number of guanidine groups is 1. The molecule has 29 heavy (non-hydrogen) atoms. The van der Waals surface area contributed by atoms with Crippen molar-refractivity contribution < 1.29 is 8.42 Å². The van der Waals surface area contributed by atoms with Gasteiger partial charge in [-0.15, -0.1) is 46.7 Å². The molecule has 1 fully saturated rings. The molecule has 1 saturated heterocycles. The van der Waals surface area contributed by atoms with E-state index < -0.39 is 10.0 Å².